The molecule has 0 aliphatic rings. The number of hydrogen-bond acceptors (Lipinski definition) is 2. The number of ether oxygens (including phenoxy) is 1. The number of hydrogen-bond donors (Lipinski definition) is 1. The summed E-state index contributed by atoms with van der Waals surface area (Å²) in [5.74, 6) is -1.18. The average Bonchev–Trinajstić information content (AvgIpc) is 2.34. The van der Waals surface area contributed by atoms with E-state index in [4.69, 9.17) is 4.74 Å². The molecule has 0 aromatic carbocycles. The lowest BCUT2D eigenvalue weighted by atomic mass is 9.81. The quantitative estimate of drug-likeness (QED) is 0.519. The lowest BCUT2D eigenvalue weighted by molar-refractivity contribution is -0.148. The Morgan fingerprint density at radius 3 is 1.95 bits per heavy atom. The van der Waals surface area contributed by atoms with Gasteiger partial charge in [0, 0.05) is 6.61 Å². The fraction of sp³-hybridized carbons (Fsp3) is 0.941. The Labute approximate surface area is 125 Å². The van der Waals surface area contributed by atoms with Crippen molar-refractivity contribution in [1.29, 1.82) is 0 Å². The van der Waals surface area contributed by atoms with Gasteiger partial charge in [0.2, 0.25) is 0 Å². The van der Waals surface area contributed by atoms with E-state index in [1.54, 1.807) is 0 Å². The molecule has 0 saturated heterocycles. The Hall–Kier alpha value is -0.570. The largest absolute Gasteiger partial charge is 0.481 e. The van der Waals surface area contributed by atoms with E-state index in [0.29, 0.717) is 13.2 Å². The Kier molecular flexibility index (Phi) is 10.8. The molecule has 20 heavy (non-hydrogen) atoms. The van der Waals surface area contributed by atoms with Crippen LogP contribution in [0.3, 0.4) is 0 Å². The van der Waals surface area contributed by atoms with Crippen LogP contribution in [0, 0.1) is 11.3 Å². The van der Waals surface area contributed by atoms with Gasteiger partial charge >= 0.3 is 5.97 Å². The third kappa shape index (κ3) is 10.2. The molecule has 0 bridgehead atoms. The summed E-state index contributed by atoms with van der Waals surface area (Å²) in [5.41, 5.74) is -0.245. The first-order valence-electron chi connectivity index (χ1n) is 8.20. The highest BCUT2D eigenvalue weighted by Crippen LogP contribution is 2.26. The molecule has 1 N–H and O–H groups in total. The van der Waals surface area contributed by atoms with Crippen LogP contribution in [-0.4, -0.2) is 24.3 Å². The van der Waals surface area contributed by atoms with Crippen molar-refractivity contribution >= 4 is 5.97 Å². The van der Waals surface area contributed by atoms with Crippen LogP contribution in [0.25, 0.3) is 0 Å². The predicted molar refractivity (Wildman–Crippen MR) is 84.0 cm³/mol. The van der Waals surface area contributed by atoms with E-state index >= 15 is 0 Å². The van der Waals surface area contributed by atoms with Gasteiger partial charge < -0.3 is 9.84 Å². The molecule has 1 unspecified atom stereocenters. The summed E-state index contributed by atoms with van der Waals surface area (Å²) < 4.78 is 5.55. The number of carbonyl (C=O) groups is 1. The number of carboxylic acids is 1. The van der Waals surface area contributed by atoms with Crippen LogP contribution in [0.1, 0.15) is 79.1 Å². The van der Waals surface area contributed by atoms with Gasteiger partial charge in [0.1, 0.15) is 0 Å². The molecule has 0 radical (unpaired) electrons. The molecule has 3 nitrogen and oxygen atoms in total. The summed E-state index contributed by atoms with van der Waals surface area (Å²) in [4.78, 5) is 11.2. The van der Waals surface area contributed by atoms with Gasteiger partial charge in [-0.15, -0.1) is 0 Å². The van der Waals surface area contributed by atoms with Crippen LogP contribution < -0.4 is 0 Å². The third-order valence-corrected chi connectivity index (χ3v) is 3.77. The van der Waals surface area contributed by atoms with E-state index in [9.17, 15) is 9.90 Å². The van der Waals surface area contributed by atoms with Gasteiger partial charge in [0.25, 0.3) is 0 Å². The topological polar surface area (TPSA) is 46.5 Å². The molecule has 0 saturated carbocycles. The Morgan fingerprint density at radius 1 is 1.00 bits per heavy atom. The first kappa shape index (κ1) is 19.4. The molecular formula is C17H34O3. The van der Waals surface area contributed by atoms with Crippen LogP contribution in [-0.2, 0) is 9.53 Å². The van der Waals surface area contributed by atoms with Gasteiger partial charge in [-0.05, 0) is 11.8 Å². The highest BCUT2D eigenvalue weighted by Gasteiger charge is 2.31. The van der Waals surface area contributed by atoms with Crippen LogP contribution in [0.2, 0.25) is 0 Å². The number of unbranched alkanes of at least 4 members (excludes halogenated alkanes) is 7. The number of aliphatic carboxylic acids is 1. The molecule has 0 aliphatic carbocycles. The molecule has 0 aromatic heterocycles. The summed E-state index contributed by atoms with van der Waals surface area (Å²) in [6, 6.07) is 0. The molecule has 0 aromatic rings. The molecule has 0 spiro atoms. The zero-order valence-electron chi connectivity index (χ0n) is 13.9. The van der Waals surface area contributed by atoms with Crippen LogP contribution >= 0.6 is 0 Å². The molecule has 0 fully saturated rings. The molecule has 0 heterocycles. The van der Waals surface area contributed by atoms with Crippen molar-refractivity contribution in [2.75, 3.05) is 13.2 Å². The van der Waals surface area contributed by atoms with Gasteiger partial charge in [0.15, 0.2) is 0 Å². The molecular weight excluding hydrogens is 252 g/mol. The molecule has 0 amide bonds. The van der Waals surface area contributed by atoms with Gasteiger partial charge in [-0.1, -0.05) is 72.6 Å². The summed E-state index contributed by atoms with van der Waals surface area (Å²) in [5, 5.41) is 9.17. The van der Waals surface area contributed by atoms with E-state index in [2.05, 4.69) is 6.92 Å². The molecule has 120 valence electrons. The first-order chi connectivity index (χ1) is 9.39. The fourth-order valence-electron chi connectivity index (χ4n) is 2.23. The minimum Gasteiger partial charge on any atom is -0.481 e. The minimum atomic E-state index is -0.756. The normalized spacial score (nSPS) is 13.4. The smallest absolute Gasteiger partial charge is 0.309 e. The summed E-state index contributed by atoms with van der Waals surface area (Å²) >= 11 is 0. The second-order valence-electron chi connectivity index (χ2n) is 6.81. The van der Waals surface area contributed by atoms with E-state index in [1.165, 1.54) is 44.9 Å². The minimum absolute atomic E-state index is 0.245. The Balaban J connectivity index is 3.49. The maximum Gasteiger partial charge on any atom is 0.309 e. The van der Waals surface area contributed by atoms with Crippen molar-refractivity contribution in [3.63, 3.8) is 0 Å². The van der Waals surface area contributed by atoms with Gasteiger partial charge in [0.05, 0.1) is 12.5 Å². The average molecular weight is 286 g/mol. The summed E-state index contributed by atoms with van der Waals surface area (Å²) in [6.07, 6.45) is 10.2. The number of carboxylic acid groups (broad SMARTS) is 1. The number of rotatable bonds is 12. The molecule has 1 atom stereocenters. The standard InChI is InChI=1S/C17H34O3/c1-5-6-7-8-9-10-11-12-13-20-14-15(16(18)19)17(2,3)4/h15H,5-14H2,1-4H3,(H,18,19). The van der Waals surface area contributed by atoms with Crippen molar-refractivity contribution in [1.82, 2.24) is 0 Å². The highest BCUT2D eigenvalue weighted by atomic mass is 16.5. The van der Waals surface area contributed by atoms with E-state index in [-0.39, 0.29) is 5.41 Å². The summed E-state index contributed by atoms with van der Waals surface area (Å²) in [7, 11) is 0. The SMILES string of the molecule is CCCCCCCCCCOCC(C(=O)O)C(C)(C)C. The zero-order valence-corrected chi connectivity index (χ0v) is 13.9. The second kappa shape index (κ2) is 11.1. The van der Waals surface area contributed by atoms with Crippen molar-refractivity contribution in [2.45, 2.75) is 79.1 Å². The van der Waals surface area contributed by atoms with Crippen LogP contribution in [0.4, 0.5) is 0 Å². The van der Waals surface area contributed by atoms with Crippen molar-refractivity contribution < 1.29 is 14.6 Å². The van der Waals surface area contributed by atoms with E-state index in [0.717, 1.165) is 6.42 Å². The van der Waals surface area contributed by atoms with Gasteiger partial charge in [-0.2, -0.15) is 0 Å². The molecule has 3 heteroatoms. The highest BCUT2D eigenvalue weighted by molar-refractivity contribution is 5.71. The lowest BCUT2D eigenvalue weighted by Crippen LogP contribution is -2.32. The van der Waals surface area contributed by atoms with Crippen molar-refractivity contribution in [2.24, 2.45) is 11.3 Å². The van der Waals surface area contributed by atoms with E-state index < -0.39 is 11.9 Å². The van der Waals surface area contributed by atoms with E-state index in [1.807, 2.05) is 20.8 Å². The fourth-order valence-corrected chi connectivity index (χ4v) is 2.23. The van der Waals surface area contributed by atoms with Crippen LogP contribution in [0.15, 0.2) is 0 Å². The third-order valence-electron chi connectivity index (χ3n) is 3.77. The second-order valence-corrected chi connectivity index (χ2v) is 6.81. The zero-order chi connectivity index (χ0) is 15.4. The lowest BCUT2D eigenvalue weighted by Gasteiger charge is -2.26. The predicted octanol–water partition coefficient (Wildman–Crippen LogP) is 4.89. The van der Waals surface area contributed by atoms with Gasteiger partial charge in [-0.25, -0.2) is 0 Å². The maximum absolute atomic E-state index is 11.2. The molecule has 0 rings (SSSR count). The monoisotopic (exact) mass is 286 g/mol. The van der Waals surface area contributed by atoms with Crippen molar-refractivity contribution in [3.05, 3.63) is 0 Å². The maximum atomic E-state index is 11.2. The van der Waals surface area contributed by atoms with Crippen LogP contribution in [0.5, 0.6) is 0 Å². The van der Waals surface area contributed by atoms with Crippen molar-refractivity contribution in [3.8, 4) is 0 Å². The first-order valence-corrected chi connectivity index (χ1v) is 8.20. The Morgan fingerprint density at radius 2 is 1.50 bits per heavy atom. The van der Waals surface area contributed by atoms with Gasteiger partial charge in [-0.3, -0.25) is 4.79 Å². The summed E-state index contributed by atoms with van der Waals surface area (Å²) in [6.45, 7) is 9.10. The molecule has 0 aliphatic heterocycles. The Bertz CT molecular complexity index is 243.